The fourth-order valence-corrected chi connectivity index (χ4v) is 3.01. The number of rotatable bonds is 5. The van der Waals surface area contributed by atoms with Gasteiger partial charge in [0.05, 0.1) is 6.21 Å². The lowest BCUT2D eigenvalue weighted by Gasteiger charge is -2.36. The zero-order valence-corrected chi connectivity index (χ0v) is 15.3. The number of nitrogens with one attached hydrogen (secondary N) is 1. The van der Waals surface area contributed by atoms with Crippen molar-refractivity contribution in [2.24, 2.45) is 10.8 Å². The largest absolute Gasteiger partial charge is 0.375 e. The molecule has 0 aromatic heterocycles. The van der Waals surface area contributed by atoms with E-state index in [0.29, 0.717) is 0 Å². The van der Waals surface area contributed by atoms with Crippen LogP contribution >= 0.6 is 12.2 Å². The van der Waals surface area contributed by atoms with E-state index in [2.05, 4.69) is 32.5 Å². The van der Waals surface area contributed by atoms with Gasteiger partial charge in [0, 0.05) is 38.4 Å². The van der Waals surface area contributed by atoms with Crippen molar-refractivity contribution in [2.45, 2.75) is 6.54 Å². The van der Waals surface area contributed by atoms with E-state index in [-0.39, 0.29) is 10.9 Å². The molecule has 0 aliphatic carbocycles. The molecule has 0 spiro atoms. The van der Waals surface area contributed by atoms with Crippen LogP contribution in [0.2, 0.25) is 0 Å². The van der Waals surface area contributed by atoms with E-state index in [1.165, 1.54) is 17.8 Å². The Labute approximate surface area is 158 Å². The van der Waals surface area contributed by atoms with Crippen LogP contribution in [0.3, 0.4) is 0 Å². The van der Waals surface area contributed by atoms with Crippen molar-refractivity contribution in [3.8, 4) is 0 Å². The Morgan fingerprint density at radius 2 is 1.73 bits per heavy atom. The van der Waals surface area contributed by atoms with E-state index in [4.69, 9.17) is 18.0 Å². The molecule has 0 saturated carbocycles. The number of hydrazone groups is 1. The molecule has 0 unspecified atom stereocenters. The minimum absolute atomic E-state index is 0.149. The SMILES string of the molecule is NC(=S)NN=Cc1ccc(N2CCN(Cc3ccc(F)cc3)CC2)cc1. The van der Waals surface area contributed by atoms with Gasteiger partial charge in [-0.15, -0.1) is 0 Å². The summed E-state index contributed by atoms with van der Waals surface area (Å²) in [5.41, 5.74) is 11.2. The molecule has 1 heterocycles. The number of anilines is 1. The van der Waals surface area contributed by atoms with Gasteiger partial charge in [-0.25, -0.2) is 4.39 Å². The second-order valence-electron chi connectivity index (χ2n) is 6.22. The molecule has 1 saturated heterocycles. The third kappa shape index (κ3) is 5.24. The van der Waals surface area contributed by atoms with Crippen molar-refractivity contribution in [3.63, 3.8) is 0 Å². The van der Waals surface area contributed by atoms with Crippen LogP contribution in [0.4, 0.5) is 10.1 Å². The summed E-state index contributed by atoms with van der Waals surface area (Å²) in [5.74, 6) is -0.186. The number of piperazine rings is 1. The summed E-state index contributed by atoms with van der Waals surface area (Å²) < 4.78 is 13.0. The van der Waals surface area contributed by atoms with E-state index in [0.717, 1.165) is 43.9 Å². The fraction of sp³-hybridized carbons (Fsp3) is 0.263. The van der Waals surface area contributed by atoms with E-state index in [9.17, 15) is 4.39 Å². The zero-order chi connectivity index (χ0) is 18.4. The maximum Gasteiger partial charge on any atom is 0.184 e. The molecule has 136 valence electrons. The molecule has 5 nitrogen and oxygen atoms in total. The first-order valence-electron chi connectivity index (χ1n) is 8.50. The summed E-state index contributed by atoms with van der Waals surface area (Å²) >= 11 is 4.70. The molecule has 1 fully saturated rings. The average Bonchev–Trinajstić information content (AvgIpc) is 2.65. The van der Waals surface area contributed by atoms with Gasteiger partial charge in [-0.05, 0) is 47.6 Å². The maximum absolute atomic E-state index is 13.0. The van der Waals surface area contributed by atoms with Gasteiger partial charge in [0.15, 0.2) is 5.11 Å². The van der Waals surface area contributed by atoms with Crippen molar-refractivity contribution in [3.05, 3.63) is 65.5 Å². The Bertz CT molecular complexity index is 753. The number of benzene rings is 2. The van der Waals surface area contributed by atoms with Gasteiger partial charge in [-0.1, -0.05) is 24.3 Å². The molecule has 2 aromatic rings. The van der Waals surface area contributed by atoms with Crippen LogP contribution in [0.15, 0.2) is 53.6 Å². The number of hydrogen-bond donors (Lipinski definition) is 2. The molecule has 0 radical (unpaired) electrons. The van der Waals surface area contributed by atoms with Crippen molar-refractivity contribution in [2.75, 3.05) is 31.1 Å². The highest BCUT2D eigenvalue weighted by atomic mass is 32.1. The summed E-state index contributed by atoms with van der Waals surface area (Å²) in [5, 5.41) is 4.10. The van der Waals surface area contributed by atoms with Crippen LogP contribution in [0.25, 0.3) is 0 Å². The molecule has 3 rings (SSSR count). The third-order valence-electron chi connectivity index (χ3n) is 4.34. The standard InChI is InChI=1S/C19H22FN5S/c20-17-5-1-16(2-6-17)14-24-9-11-25(12-10-24)18-7-3-15(4-8-18)13-22-23-19(21)26/h1-8,13H,9-12,14H2,(H3,21,23,26). The summed E-state index contributed by atoms with van der Waals surface area (Å²) in [7, 11) is 0. The first-order chi connectivity index (χ1) is 12.6. The lowest BCUT2D eigenvalue weighted by molar-refractivity contribution is 0.250. The monoisotopic (exact) mass is 371 g/mol. The molecule has 1 aliphatic heterocycles. The topological polar surface area (TPSA) is 56.9 Å². The van der Waals surface area contributed by atoms with Crippen LogP contribution in [0.5, 0.6) is 0 Å². The van der Waals surface area contributed by atoms with Gasteiger partial charge >= 0.3 is 0 Å². The normalized spacial score (nSPS) is 15.3. The molecular weight excluding hydrogens is 349 g/mol. The number of thiocarbonyl (C=S) groups is 1. The summed E-state index contributed by atoms with van der Waals surface area (Å²) in [6.07, 6.45) is 1.68. The lowest BCUT2D eigenvalue weighted by atomic mass is 10.1. The minimum atomic E-state index is -0.186. The lowest BCUT2D eigenvalue weighted by Crippen LogP contribution is -2.45. The highest BCUT2D eigenvalue weighted by molar-refractivity contribution is 7.80. The van der Waals surface area contributed by atoms with Crippen LogP contribution in [-0.2, 0) is 6.54 Å². The summed E-state index contributed by atoms with van der Waals surface area (Å²) in [6.45, 7) is 4.77. The first kappa shape index (κ1) is 18.3. The second-order valence-corrected chi connectivity index (χ2v) is 6.66. The Hall–Kier alpha value is -2.51. The quantitative estimate of drug-likeness (QED) is 0.480. The molecule has 7 heteroatoms. The van der Waals surface area contributed by atoms with Crippen LogP contribution in [-0.4, -0.2) is 42.4 Å². The van der Waals surface area contributed by atoms with Crippen molar-refractivity contribution < 1.29 is 4.39 Å². The molecule has 0 bridgehead atoms. The van der Waals surface area contributed by atoms with Crippen molar-refractivity contribution in [1.82, 2.24) is 10.3 Å². The van der Waals surface area contributed by atoms with E-state index in [1.54, 1.807) is 6.21 Å². The Balaban J connectivity index is 1.50. The zero-order valence-electron chi connectivity index (χ0n) is 14.4. The molecule has 26 heavy (non-hydrogen) atoms. The molecular formula is C19H22FN5S. The highest BCUT2D eigenvalue weighted by Crippen LogP contribution is 2.18. The molecule has 0 atom stereocenters. The number of nitrogens with zero attached hydrogens (tertiary/aromatic N) is 3. The summed E-state index contributed by atoms with van der Waals surface area (Å²) in [6, 6.07) is 15.0. The smallest absolute Gasteiger partial charge is 0.184 e. The van der Waals surface area contributed by atoms with Gasteiger partial charge in [0.25, 0.3) is 0 Å². The fourth-order valence-electron chi connectivity index (χ4n) is 2.95. The van der Waals surface area contributed by atoms with E-state index < -0.39 is 0 Å². The molecule has 0 amide bonds. The van der Waals surface area contributed by atoms with Crippen LogP contribution in [0, 0.1) is 5.82 Å². The maximum atomic E-state index is 13.0. The Kier molecular flexibility index (Phi) is 6.14. The Morgan fingerprint density at radius 3 is 2.35 bits per heavy atom. The predicted molar refractivity (Wildman–Crippen MR) is 108 cm³/mol. The van der Waals surface area contributed by atoms with Gasteiger partial charge < -0.3 is 10.6 Å². The van der Waals surface area contributed by atoms with Gasteiger partial charge in [-0.2, -0.15) is 5.10 Å². The predicted octanol–water partition coefficient (Wildman–Crippen LogP) is 2.32. The first-order valence-corrected chi connectivity index (χ1v) is 8.91. The van der Waals surface area contributed by atoms with E-state index >= 15 is 0 Å². The summed E-state index contributed by atoms with van der Waals surface area (Å²) in [4.78, 5) is 4.77. The van der Waals surface area contributed by atoms with Crippen LogP contribution in [0.1, 0.15) is 11.1 Å². The number of nitrogens with two attached hydrogens (primary N) is 1. The van der Waals surface area contributed by atoms with Gasteiger partial charge in [0.1, 0.15) is 5.82 Å². The molecule has 2 aromatic carbocycles. The molecule has 3 N–H and O–H groups in total. The second kappa shape index (κ2) is 8.73. The Morgan fingerprint density at radius 1 is 1.08 bits per heavy atom. The van der Waals surface area contributed by atoms with Crippen molar-refractivity contribution >= 4 is 29.2 Å². The number of hydrogen-bond acceptors (Lipinski definition) is 4. The highest BCUT2D eigenvalue weighted by Gasteiger charge is 2.17. The molecule has 1 aliphatic rings. The average molecular weight is 371 g/mol. The van der Waals surface area contributed by atoms with Crippen molar-refractivity contribution in [1.29, 1.82) is 0 Å². The number of halogens is 1. The third-order valence-corrected chi connectivity index (χ3v) is 4.43. The van der Waals surface area contributed by atoms with Crippen LogP contribution < -0.4 is 16.1 Å². The minimum Gasteiger partial charge on any atom is -0.375 e. The van der Waals surface area contributed by atoms with Gasteiger partial charge in [0.2, 0.25) is 0 Å². The van der Waals surface area contributed by atoms with E-state index in [1.807, 2.05) is 24.3 Å². The van der Waals surface area contributed by atoms with Gasteiger partial charge in [-0.3, -0.25) is 10.3 Å².